The zero-order chi connectivity index (χ0) is 10.7. The molecule has 1 rings (SSSR count). The van der Waals surface area contributed by atoms with Crippen LogP contribution in [0.25, 0.3) is 0 Å². The predicted molar refractivity (Wildman–Crippen MR) is 62.5 cm³/mol. The van der Waals surface area contributed by atoms with Gasteiger partial charge >= 0.3 is 5.97 Å². The summed E-state index contributed by atoms with van der Waals surface area (Å²) in [6.07, 6.45) is -0.132. The second kappa shape index (κ2) is 4.66. The fourth-order valence-corrected chi connectivity index (χ4v) is 1.87. The van der Waals surface area contributed by atoms with Gasteiger partial charge in [-0.25, -0.2) is 0 Å². The van der Waals surface area contributed by atoms with Crippen LogP contribution in [0.3, 0.4) is 0 Å². The zero-order valence-electron chi connectivity index (χ0n) is 6.99. The number of rotatable bonds is 2. The summed E-state index contributed by atoms with van der Waals surface area (Å²) in [6.45, 7) is 0. The van der Waals surface area contributed by atoms with Crippen molar-refractivity contribution < 1.29 is 9.90 Å². The first-order valence-electron chi connectivity index (χ1n) is 3.68. The minimum atomic E-state index is -0.941. The van der Waals surface area contributed by atoms with E-state index in [1.807, 2.05) is 28.7 Å². The van der Waals surface area contributed by atoms with Crippen molar-refractivity contribution >= 4 is 41.2 Å². The summed E-state index contributed by atoms with van der Waals surface area (Å²) in [5, 5.41) is 17.5. The van der Waals surface area contributed by atoms with Crippen LogP contribution >= 0.6 is 35.2 Å². The lowest BCUT2D eigenvalue weighted by molar-refractivity contribution is -0.136. The van der Waals surface area contributed by atoms with Crippen molar-refractivity contribution in [2.75, 3.05) is 0 Å². The first-order chi connectivity index (χ1) is 6.56. The number of nitriles is 1. The highest BCUT2D eigenvalue weighted by Gasteiger charge is 2.11. The average molecular weight is 319 g/mol. The molecule has 0 radical (unpaired) electrons. The number of carboxylic acids is 1. The normalized spacial score (nSPS) is 9.50. The molecule has 0 aliphatic rings. The summed E-state index contributed by atoms with van der Waals surface area (Å²) in [7, 11) is 0. The van der Waals surface area contributed by atoms with Crippen LogP contribution in [0.5, 0.6) is 0 Å². The van der Waals surface area contributed by atoms with Crippen molar-refractivity contribution in [1.82, 2.24) is 0 Å². The fourth-order valence-electron chi connectivity index (χ4n) is 1.04. The Morgan fingerprint density at radius 3 is 2.79 bits per heavy atom. The fraction of sp³-hybridized carbons (Fsp3) is 0.111. The van der Waals surface area contributed by atoms with Crippen LogP contribution in [0.4, 0.5) is 0 Å². The zero-order valence-corrected chi connectivity index (χ0v) is 10.0. The molecule has 0 atom stereocenters. The van der Waals surface area contributed by atoms with Crippen molar-refractivity contribution in [1.29, 1.82) is 5.26 Å². The molecule has 1 aromatic rings. The Kier molecular flexibility index (Phi) is 3.77. The highest BCUT2D eigenvalue weighted by Crippen LogP contribution is 2.23. The highest BCUT2D eigenvalue weighted by molar-refractivity contribution is 14.1. The van der Waals surface area contributed by atoms with Crippen molar-refractivity contribution in [3.63, 3.8) is 0 Å². The van der Waals surface area contributed by atoms with Crippen molar-refractivity contribution in [2.45, 2.75) is 11.3 Å². The molecule has 0 fully saturated rings. The van der Waals surface area contributed by atoms with E-state index in [0.29, 0.717) is 19.6 Å². The number of benzene rings is 1. The van der Waals surface area contributed by atoms with E-state index in [2.05, 4.69) is 12.6 Å². The Morgan fingerprint density at radius 2 is 2.29 bits per heavy atom. The van der Waals surface area contributed by atoms with Crippen LogP contribution in [0.2, 0.25) is 0 Å². The van der Waals surface area contributed by atoms with Crippen LogP contribution in [-0.2, 0) is 11.2 Å². The van der Waals surface area contributed by atoms with E-state index in [1.54, 1.807) is 12.1 Å². The van der Waals surface area contributed by atoms with Gasteiger partial charge in [0.1, 0.15) is 6.07 Å². The third-order valence-corrected chi connectivity index (χ3v) is 3.58. The summed E-state index contributed by atoms with van der Waals surface area (Å²) in [5.41, 5.74) is 0.933. The van der Waals surface area contributed by atoms with Crippen LogP contribution in [0.1, 0.15) is 11.1 Å². The molecule has 0 saturated heterocycles. The molecular weight excluding hydrogens is 313 g/mol. The molecule has 1 aromatic carbocycles. The second-order valence-corrected chi connectivity index (χ2v) is 4.18. The summed E-state index contributed by atoms with van der Waals surface area (Å²) < 4.78 is 0.701. The number of carboxylic acid groups (broad SMARTS) is 1. The Hall–Kier alpha value is -0.740. The Labute approximate surface area is 100 Å². The van der Waals surface area contributed by atoms with Gasteiger partial charge in [-0.05, 0) is 34.2 Å². The molecule has 0 aliphatic carbocycles. The third kappa shape index (κ3) is 2.39. The number of aliphatic carboxylic acids is 1. The molecule has 0 amide bonds. The van der Waals surface area contributed by atoms with Gasteiger partial charge in [-0.2, -0.15) is 5.26 Å². The van der Waals surface area contributed by atoms with E-state index in [9.17, 15) is 4.79 Å². The number of carbonyl (C=O) groups is 1. The van der Waals surface area contributed by atoms with Gasteiger partial charge in [0, 0.05) is 8.47 Å². The molecule has 0 aliphatic heterocycles. The van der Waals surface area contributed by atoms with Gasteiger partial charge in [0.25, 0.3) is 0 Å². The van der Waals surface area contributed by atoms with Gasteiger partial charge in [-0.3, -0.25) is 4.79 Å². The van der Waals surface area contributed by atoms with Crippen molar-refractivity contribution in [2.24, 2.45) is 0 Å². The van der Waals surface area contributed by atoms with Crippen molar-refractivity contribution in [3.8, 4) is 6.07 Å². The molecule has 0 bridgehead atoms. The monoisotopic (exact) mass is 319 g/mol. The molecule has 14 heavy (non-hydrogen) atoms. The Bertz CT molecular complexity index is 426. The van der Waals surface area contributed by atoms with E-state index in [0.717, 1.165) is 0 Å². The smallest absolute Gasteiger partial charge is 0.307 e. The summed E-state index contributed by atoms with van der Waals surface area (Å²) in [4.78, 5) is 11.2. The topological polar surface area (TPSA) is 61.1 Å². The van der Waals surface area contributed by atoms with Crippen LogP contribution < -0.4 is 0 Å². The lowest BCUT2D eigenvalue weighted by Crippen LogP contribution is -2.03. The molecule has 5 heteroatoms. The molecule has 3 nitrogen and oxygen atoms in total. The molecule has 0 aromatic heterocycles. The van der Waals surface area contributed by atoms with Crippen LogP contribution in [0.15, 0.2) is 17.0 Å². The SMILES string of the molecule is N#Cc1c(CC(=O)O)ccc(S)c1I. The summed E-state index contributed by atoms with van der Waals surface area (Å²) in [6, 6.07) is 5.31. The highest BCUT2D eigenvalue weighted by atomic mass is 127. The first kappa shape index (κ1) is 11.3. The van der Waals surface area contributed by atoms with Gasteiger partial charge in [-0.1, -0.05) is 6.07 Å². The number of thiol groups is 1. The number of hydrogen-bond acceptors (Lipinski definition) is 3. The molecule has 0 saturated carbocycles. The summed E-state index contributed by atoms with van der Waals surface area (Å²) >= 11 is 6.14. The predicted octanol–water partition coefficient (Wildman–Crippen LogP) is 2.08. The van der Waals surface area contributed by atoms with Crippen LogP contribution in [-0.4, -0.2) is 11.1 Å². The van der Waals surface area contributed by atoms with Gasteiger partial charge < -0.3 is 5.11 Å². The quantitative estimate of drug-likeness (QED) is 0.648. The molecular formula is C9H6INO2S. The van der Waals surface area contributed by atoms with E-state index in [4.69, 9.17) is 10.4 Å². The van der Waals surface area contributed by atoms with Crippen LogP contribution in [0, 0.1) is 14.9 Å². The van der Waals surface area contributed by atoms with Crippen molar-refractivity contribution in [3.05, 3.63) is 26.8 Å². The average Bonchev–Trinajstić information content (AvgIpc) is 2.11. The van der Waals surface area contributed by atoms with Gasteiger partial charge in [0.15, 0.2) is 0 Å². The minimum absolute atomic E-state index is 0.132. The molecule has 1 N–H and O–H groups in total. The van der Waals surface area contributed by atoms with E-state index in [-0.39, 0.29) is 6.42 Å². The molecule has 0 unspecified atom stereocenters. The molecule has 0 heterocycles. The number of halogens is 1. The number of hydrogen-bond donors (Lipinski definition) is 2. The first-order valence-corrected chi connectivity index (χ1v) is 5.21. The van der Waals surface area contributed by atoms with Gasteiger partial charge in [0.2, 0.25) is 0 Å². The molecule has 0 spiro atoms. The van der Waals surface area contributed by atoms with Gasteiger partial charge in [0.05, 0.1) is 12.0 Å². The largest absolute Gasteiger partial charge is 0.481 e. The standard InChI is InChI=1S/C9H6INO2S/c10-9-6(4-11)5(3-8(12)13)1-2-7(9)14/h1-2,14H,3H2,(H,12,13). The maximum Gasteiger partial charge on any atom is 0.307 e. The Balaban J connectivity index is 3.26. The summed E-state index contributed by atoms with van der Waals surface area (Å²) in [5.74, 6) is -0.941. The minimum Gasteiger partial charge on any atom is -0.481 e. The van der Waals surface area contributed by atoms with E-state index >= 15 is 0 Å². The number of nitrogens with zero attached hydrogens (tertiary/aromatic N) is 1. The van der Waals surface area contributed by atoms with E-state index < -0.39 is 5.97 Å². The lowest BCUT2D eigenvalue weighted by Gasteiger charge is -2.04. The van der Waals surface area contributed by atoms with Gasteiger partial charge in [-0.15, -0.1) is 12.6 Å². The van der Waals surface area contributed by atoms with E-state index in [1.165, 1.54) is 0 Å². The lowest BCUT2D eigenvalue weighted by atomic mass is 10.1. The maximum absolute atomic E-state index is 10.5. The second-order valence-electron chi connectivity index (χ2n) is 2.62. The maximum atomic E-state index is 10.5. The molecule has 72 valence electrons. The Morgan fingerprint density at radius 1 is 1.64 bits per heavy atom. The third-order valence-electron chi connectivity index (χ3n) is 1.66.